The fourth-order valence-corrected chi connectivity index (χ4v) is 3.36. The molecule has 7 heteroatoms. The van der Waals surface area contributed by atoms with Gasteiger partial charge >= 0.3 is 0 Å². The minimum Gasteiger partial charge on any atom is -0.379 e. The van der Waals surface area contributed by atoms with E-state index in [9.17, 15) is 0 Å². The van der Waals surface area contributed by atoms with Gasteiger partial charge in [0.25, 0.3) is 0 Å². The summed E-state index contributed by atoms with van der Waals surface area (Å²) in [7, 11) is 1.84. The van der Waals surface area contributed by atoms with E-state index >= 15 is 0 Å². The lowest BCUT2D eigenvalue weighted by Crippen LogP contribution is -2.47. The third kappa shape index (κ3) is 7.97. The molecule has 2 rings (SSSR count). The second kappa shape index (κ2) is 12.3. The Labute approximate surface area is 170 Å². The molecule has 3 unspecified atom stereocenters. The minimum absolute atomic E-state index is 0. The van der Waals surface area contributed by atoms with E-state index in [-0.39, 0.29) is 24.0 Å². The van der Waals surface area contributed by atoms with Crippen molar-refractivity contribution in [1.82, 2.24) is 15.5 Å². The van der Waals surface area contributed by atoms with Gasteiger partial charge < -0.3 is 20.1 Å². The zero-order valence-corrected chi connectivity index (χ0v) is 18.6. The third-order valence-corrected chi connectivity index (χ3v) is 5.00. The van der Waals surface area contributed by atoms with E-state index in [1.165, 1.54) is 6.42 Å². The van der Waals surface area contributed by atoms with Gasteiger partial charge in [-0.25, -0.2) is 0 Å². The minimum atomic E-state index is 0. The standard InChI is InChI=1S/C18H36N4O2.HI/c1-14(2)22-11-15(3)17(12-22)21-18(19-4)20-8-6-9-23-13-16-7-5-10-24-16;/h14-17H,5-13H2,1-4H3,(H2,19,20,21);1H. The lowest BCUT2D eigenvalue weighted by Gasteiger charge is -2.22. The molecule has 2 aliphatic rings. The first kappa shape index (κ1) is 22.9. The molecule has 0 saturated carbocycles. The quantitative estimate of drug-likeness (QED) is 0.247. The summed E-state index contributed by atoms with van der Waals surface area (Å²) in [6.07, 6.45) is 3.61. The van der Waals surface area contributed by atoms with Crippen LogP contribution in [0, 0.1) is 5.92 Å². The van der Waals surface area contributed by atoms with Crippen molar-refractivity contribution in [1.29, 1.82) is 0 Å². The third-order valence-electron chi connectivity index (χ3n) is 5.00. The molecule has 25 heavy (non-hydrogen) atoms. The number of aliphatic imine (C=N–C) groups is 1. The molecular weight excluding hydrogens is 431 g/mol. The Morgan fingerprint density at radius 2 is 2.16 bits per heavy atom. The number of guanidine groups is 1. The molecule has 0 bridgehead atoms. The Kier molecular flexibility index (Phi) is 11.3. The average molecular weight is 468 g/mol. The van der Waals surface area contributed by atoms with Crippen molar-refractivity contribution in [3.05, 3.63) is 0 Å². The topological polar surface area (TPSA) is 58.1 Å². The van der Waals surface area contributed by atoms with E-state index in [0.717, 1.165) is 58.3 Å². The Morgan fingerprint density at radius 3 is 2.76 bits per heavy atom. The molecule has 0 amide bonds. The van der Waals surface area contributed by atoms with E-state index in [4.69, 9.17) is 9.47 Å². The maximum absolute atomic E-state index is 5.69. The predicted octanol–water partition coefficient (Wildman–Crippen LogP) is 2.08. The Morgan fingerprint density at radius 1 is 1.36 bits per heavy atom. The highest BCUT2D eigenvalue weighted by molar-refractivity contribution is 14.0. The molecular formula is C18H37IN4O2. The summed E-state index contributed by atoms with van der Waals surface area (Å²) in [4.78, 5) is 6.87. The van der Waals surface area contributed by atoms with Gasteiger partial charge in [0.2, 0.25) is 0 Å². The van der Waals surface area contributed by atoms with E-state index in [1.807, 2.05) is 7.05 Å². The number of nitrogens with one attached hydrogen (secondary N) is 2. The first-order valence-corrected chi connectivity index (χ1v) is 9.50. The van der Waals surface area contributed by atoms with Crippen molar-refractivity contribution in [2.45, 2.75) is 58.2 Å². The van der Waals surface area contributed by atoms with Gasteiger partial charge in [-0.05, 0) is 39.0 Å². The maximum Gasteiger partial charge on any atom is 0.191 e. The number of nitrogens with zero attached hydrogens (tertiary/aromatic N) is 2. The van der Waals surface area contributed by atoms with Crippen LogP contribution in [-0.2, 0) is 9.47 Å². The van der Waals surface area contributed by atoms with Gasteiger partial charge in [0.1, 0.15) is 0 Å². The van der Waals surface area contributed by atoms with Crippen molar-refractivity contribution >= 4 is 29.9 Å². The molecule has 148 valence electrons. The maximum atomic E-state index is 5.69. The normalized spacial score (nSPS) is 27.6. The van der Waals surface area contributed by atoms with Crippen LogP contribution in [0.3, 0.4) is 0 Å². The summed E-state index contributed by atoms with van der Waals surface area (Å²) in [5.41, 5.74) is 0. The molecule has 0 aliphatic carbocycles. The second-order valence-corrected chi connectivity index (χ2v) is 7.34. The van der Waals surface area contributed by atoms with Crippen LogP contribution in [0.4, 0.5) is 0 Å². The molecule has 2 aliphatic heterocycles. The monoisotopic (exact) mass is 468 g/mol. The average Bonchev–Trinajstić information content (AvgIpc) is 3.19. The van der Waals surface area contributed by atoms with Crippen LogP contribution in [0.15, 0.2) is 4.99 Å². The van der Waals surface area contributed by atoms with Crippen LogP contribution in [0.5, 0.6) is 0 Å². The lowest BCUT2D eigenvalue weighted by molar-refractivity contribution is 0.0168. The van der Waals surface area contributed by atoms with Crippen molar-refractivity contribution in [3.8, 4) is 0 Å². The summed E-state index contributed by atoms with van der Waals surface area (Å²) in [5.74, 6) is 1.54. The molecule has 0 aromatic rings. The van der Waals surface area contributed by atoms with Gasteiger partial charge in [-0.15, -0.1) is 24.0 Å². The van der Waals surface area contributed by atoms with Gasteiger partial charge in [-0.3, -0.25) is 9.89 Å². The van der Waals surface area contributed by atoms with Crippen LogP contribution < -0.4 is 10.6 Å². The Bertz CT molecular complexity index is 389. The van der Waals surface area contributed by atoms with Gasteiger partial charge in [0.05, 0.1) is 12.7 Å². The Balaban J connectivity index is 0.00000312. The van der Waals surface area contributed by atoms with E-state index in [0.29, 0.717) is 24.1 Å². The molecule has 2 saturated heterocycles. The molecule has 2 N–H and O–H groups in total. The molecule has 0 aromatic carbocycles. The summed E-state index contributed by atoms with van der Waals surface area (Å²) < 4.78 is 11.2. The number of rotatable bonds is 8. The van der Waals surface area contributed by atoms with Crippen molar-refractivity contribution in [2.75, 3.05) is 46.5 Å². The smallest absolute Gasteiger partial charge is 0.191 e. The molecule has 0 radical (unpaired) electrons. The Hall–Kier alpha value is -0.120. The van der Waals surface area contributed by atoms with Gasteiger partial charge in [-0.2, -0.15) is 0 Å². The van der Waals surface area contributed by atoms with Crippen LogP contribution in [0.1, 0.15) is 40.0 Å². The van der Waals surface area contributed by atoms with E-state index < -0.39 is 0 Å². The fourth-order valence-electron chi connectivity index (χ4n) is 3.36. The molecule has 6 nitrogen and oxygen atoms in total. The highest BCUT2D eigenvalue weighted by Gasteiger charge is 2.31. The lowest BCUT2D eigenvalue weighted by atomic mass is 10.1. The highest BCUT2D eigenvalue weighted by Crippen LogP contribution is 2.18. The summed E-state index contributed by atoms with van der Waals surface area (Å²) in [6.45, 7) is 12.4. The number of halogens is 1. The van der Waals surface area contributed by atoms with Crippen LogP contribution in [-0.4, -0.2) is 75.5 Å². The molecule has 2 fully saturated rings. The zero-order valence-electron chi connectivity index (χ0n) is 16.3. The molecule has 0 aromatic heterocycles. The zero-order chi connectivity index (χ0) is 17.4. The molecule has 3 atom stereocenters. The molecule has 2 heterocycles. The first-order valence-electron chi connectivity index (χ1n) is 9.50. The fraction of sp³-hybridized carbons (Fsp3) is 0.944. The number of ether oxygens (including phenoxy) is 2. The molecule has 0 spiro atoms. The van der Waals surface area contributed by atoms with Gasteiger partial charge in [0.15, 0.2) is 5.96 Å². The van der Waals surface area contributed by atoms with E-state index in [2.05, 4.69) is 41.3 Å². The largest absolute Gasteiger partial charge is 0.379 e. The number of likely N-dealkylation sites (tertiary alicyclic amines) is 1. The van der Waals surface area contributed by atoms with Crippen LogP contribution in [0.25, 0.3) is 0 Å². The second-order valence-electron chi connectivity index (χ2n) is 7.34. The summed E-state index contributed by atoms with van der Waals surface area (Å²) in [6, 6.07) is 1.07. The number of hydrogen-bond donors (Lipinski definition) is 2. The summed E-state index contributed by atoms with van der Waals surface area (Å²) in [5, 5.41) is 6.97. The first-order chi connectivity index (χ1) is 11.6. The van der Waals surface area contributed by atoms with Crippen molar-refractivity contribution in [2.24, 2.45) is 10.9 Å². The highest BCUT2D eigenvalue weighted by atomic mass is 127. The van der Waals surface area contributed by atoms with Crippen molar-refractivity contribution in [3.63, 3.8) is 0 Å². The predicted molar refractivity (Wildman–Crippen MR) is 114 cm³/mol. The van der Waals surface area contributed by atoms with Crippen LogP contribution >= 0.6 is 24.0 Å². The van der Waals surface area contributed by atoms with Crippen molar-refractivity contribution < 1.29 is 9.47 Å². The number of hydrogen-bond acceptors (Lipinski definition) is 4. The SMILES string of the molecule is CN=C(NCCCOCC1CCCO1)NC1CN(C(C)C)CC1C.I. The van der Waals surface area contributed by atoms with Gasteiger partial charge in [0, 0.05) is 52.0 Å². The van der Waals surface area contributed by atoms with E-state index in [1.54, 1.807) is 0 Å². The summed E-state index contributed by atoms with van der Waals surface area (Å²) >= 11 is 0. The van der Waals surface area contributed by atoms with Gasteiger partial charge in [-0.1, -0.05) is 6.92 Å². The van der Waals surface area contributed by atoms with Crippen LogP contribution in [0.2, 0.25) is 0 Å².